The quantitative estimate of drug-likeness (QED) is 0.541. The van der Waals surface area contributed by atoms with E-state index < -0.39 is 14.9 Å². The molecular weight excluding hydrogens is 430 g/mol. The molecule has 0 aliphatic rings. The number of hydrogen-bond acceptors (Lipinski definition) is 5. The first kappa shape index (κ1) is 16.1. The van der Waals surface area contributed by atoms with Gasteiger partial charge in [-0.1, -0.05) is 0 Å². The Hall–Kier alpha value is -1.26. The Kier molecular flexibility index (Phi) is 4.22. The largest absolute Gasteiger partial charge is 0.270 e. The second-order valence-corrected chi connectivity index (χ2v) is 7.45. The lowest BCUT2D eigenvalue weighted by Crippen LogP contribution is -2.16. The van der Waals surface area contributed by atoms with Crippen molar-refractivity contribution in [3.05, 3.63) is 48.9 Å². The zero-order valence-corrected chi connectivity index (χ0v) is 14.9. The molecule has 10 heteroatoms. The van der Waals surface area contributed by atoms with Gasteiger partial charge in [-0.15, -0.1) is 0 Å². The van der Waals surface area contributed by atoms with Crippen molar-refractivity contribution in [2.45, 2.75) is 18.7 Å². The highest BCUT2D eigenvalue weighted by atomic mass is 79.9. The van der Waals surface area contributed by atoms with E-state index in [4.69, 9.17) is 0 Å². The van der Waals surface area contributed by atoms with Crippen LogP contribution < -0.4 is 0 Å². The van der Waals surface area contributed by atoms with Crippen LogP contribution in [0.25, 0.3) is 0 Å². The fraction of sp³-hybridized carbons (Fsp3) is 0.182. The molecule has 2 aromatic rings. The highest BCUT2D eigenvalue weighted by Crippen LogP contribution is 2.29. The maximum atomic E-state index is 12.7. The predicted molar refractivity (Wildman–Crippen MR) is 82.8 cm³/mol. The molecule has 0 saturated heterocycles. The Bertz CT molecular complexity index is 845. The van der Waals surface area contributed by atoms with E-state index in [0.717, 1.165) is 10.0 Å². The third-order valence-corrected chi connectivity index (χ3v) is 6.31. The number of hydrogen-bond donors (Lipinski definition) is 0. The highest BCUT2D eigenvalue weighted by molar-refractivity contribution is 9.11. The number of rotatable bonds is 3. The first-order valence-electron chi connectivity index (χ1n) is 5.57. The zero-order valence-electron chi connectivity index (χ0n) is 10.9. The molecule has 0 unspecified atom stereocenters. The van der Waals surface area contributed by atoms with Gasteiger partial charge in [0.15, 0.2) is 4.73 Å². The maximum absolute atomic E-state index is 12.7. The van der Waals surface area contributed by atoms with Crippen molar-refractivity contribution in [3.8, 4) is 0 Å². The molecule has 0 amide bonds. The molecule has 0 saturated carbocycles. The van der Waals surface area contributed by atoms with Gasteiger partial charge in [-0.05, 0) is 57.3 Å². The van der Waals surface area contributed by atoms with Crippen LogP contribution in [-0.2, 0) is 10.0 Å². The molecule has 2 rings (SSSR count). The molecule has 1 aromatic heterocycles. The molecule has 0 spiro atoms. The molecule has 0 atom stereocenters. The van der Waals surface area contributed by atoms with E-state index in [-0.39, 0.29) is 15.3 Å². The minimum absolute atomic E-state index is 0.0122. The van der Waals surface area contributed by atoms with E-state index in [2.05, 4.69) is 36.8 Å². The van der Waals surface area contributed by atoms with Gasteiger partial charge in [0.1, 0.15) is 4.60 Å². The van der Waals surface area contributed by atoms with Gasteiger partial charge >= 0.3 is 0 Å². The third kappa shape index (κ3) is 2.74. The van der Waals surface area contributed by atoms with Gasteiger partial charge in [0.25, 0.3) is 15.7 Å². The van der Waals surface area contributed by atoms with E-state index in [0.29, 0.717) is 15.9 Å². The first-order chi connectivity index (χ1) is 9.66. The molecule has 1 aromatic carbocycles. The fourth-order valence-corrected chi connectivity index (χ4v) is 5.15. The molecule has 7 nitrogen and oxygen atoms in total. The number of nitro groups is 1. The monoisotopic (exact) mass is 437 g/mol. The topological polar surface area (TPSA) is 95.1 Å². The Labute approximate surface area is 137 Å². The van der Waals surface area contributed by atoms with E-state index in [1.54, 1.807) is 6.92 Å². The smallest absolute Gasteiger partial charge is 0.258 e. The summed E-state index contributed by atoms with van der Waals surface area (Å²) >= 11 is 6.26. The summed E-state index contributed by atoms with van der Waals surface area (Å²) in [6.07, 6.45) is 0. The molecule has 0 aliphatic heterocycles. The van der Waals surface area contributed by atoms with E-state index in [1.165, 1.54) is 19.1 Å². The van der Waals surface area contributed by atoms with Crippen molar-refractivity contribution in [3.63, 3.8) is 0 Å². The standard InChI is InChI=1S/C11H9Br2N3O4S/c1-6-5-8(16(17)18)3-4-9(6)21(19,20)15-7(2)10(12)14-11(15)13/h3-5H,1-2H3. The van der Waals surface area contributed by atoms with Gasteiger partial charge in [0, 0.05) is 12.1 Å². The van der Waals surface area contributed by atoms with Gasteiger partial charge in [0.05, 0.1) is 15.5 Å². The van der Waals surface area contributed by atoms with Gasteiger partial charge in [-0.2, -0.15) is 0 Å². The summed E-state index contributed by atoms with van der Waals surface area (Å²) < 4.78 is 26.9. The van der Waals surface area contributed by atoms with Crippen molar-refractivity contribution < 1.29 is 13.3 Å². The lowest BCUT2D eigenvalue weighted by molar-refractivity contribution is -0.385. The lowest BCUT2D eigenvalue weighted by Gasteiger charge is -2.11. The van der Waals surface area contributed by atoms with Crippen LogP contribution in [0.5, 0.6) is 0 Å². The number of halogens is 2. The van der Waals surface area contributed by atoms with E-state index in [1.807, 2.05) is 0 Å². The number of imidazole rings is 1. The van der Waals surface area contributed by atoms with Crippen LogP contribution in [0.1, 0.15) is 11.3 Å². The Morgan fingerprint density at radius 2 is 1.90 bits per heavy atom. The molecule has 0 bridgehead atoms. The van der Waals surface area contributed by atoms with E-state index >= 15 is 0 Å². The molecule has 0 fully saturated rings. The van der Waals surface area contributed by atoms with Gasteiger partial charge in [-0.3, -0.25) is 10.1 Å². The zero-order chi connectivity index (χ0) is 15.9. The second kappa shape index (κ2) is 5.50. The molecule has 21 heavy (non-hydrogen) atoms. The van der Waals surface area contributed by atoms with Crippen LogP contribution in [0.15, 0.2) is 32.4 Å². The number of aromatic nitrogens is 2. The number of nitrogens with zero attached hydrogens (tertiary/aromatic N) is 3. The summed E-state index contributed by atoms with van der Waals surface area (Å²) in [5.41, 5.74) is 0.536. The van der Waals surface area contributed by atoms with Gasteiger partial charge in [-0.25, -0.2) is 17.4 Å². The summed E-state index contributed by atoms with van der Waals surface area (Å²) in [7, 11) is -3.90. The first-order valence-corrected chi connectivity index (χ1v) is 8.60. The molecule has 0 radical (unpaired) electrons. The molecular formula is C11H9Br2N3O4S. The molecule has 0 N–H and O–H groups in total. The SMILES string of the molecule is Cc1cc([N+](=O)[O-])ccc1S(=O)(=O)n1c(Br)nc(Br)c1C. The number of aryl methyl sites for hydroxylation is 1. The van der Waals surface area contributed by atoms with Gasteiger partial charge < -0.3 is 0 Å². The van der Waals surface area contributed by atoms with Crippen LogP contribution in [0, 0.1) is 24.0 Å². The fourth-order valence-electron chi connectivity index (χ4n) is 1.84. The van der Waals surface area contributed by atoms with Gasteiger partial charge in [0.2, 0.25) is 0 Å². The Morgan fingerprint density at radius 3 is 2.33 bits per heavy atom. The van der Waals surface area contributed by atoms with Crippen LogP contribution >= 0.6 is 31.9 Å². The van der Waals surface area contributed by atoms with E-state index in [9.17, 15) is 18.5 Å². The highest BCUT2D eigenvalue weighted by Gasteiger charge is 2.26. The minimum Gasteiger partial charge on any atom is -0.258 e. The Morgan fingerprint density at radius 1 is 1.29 bits per heavy atom. The number of non-ortho nitro benzene ring substituents is 1. The van der Waals surface area contributed by atoms with Crippen molar-refractivity contribution in [1.82, 2.24) is 8.96 Å². The summed E-state index contributed by atoms with van der Waals surface area (Å²) in [4.78, 5) is 14.1. The van der Waals surface area contributed by atoms with Crippen molar-refractivity contribution in [1.29, 1.82) is 0 Å². The average molecular weight is 439 g/mol. The number of benzene rings is 1. The second-order valence-electron chi connectivity index (χ2n) is 4.23. The van der Waals surface area contributed by atoms with Crippen LogP contribution in [-0.4, -0.2) is 22.3 Å². The molecule has 112 valence electrons. The van der Waals surface area contributed by atoms with Crippen LogP contribution in [0.2, 0.25) is 0 Å². The molecule has 1 heterocycles. The predicted octanol–water partition coefficient (Wildman–Crippen LogP) is 3.17. The molecule has 0 aliphatic carbocycles. The normalized spacial score (nSPS) is 11.6. The maximum Gasteiger partial charge on any atom is 0.270 e. The summed E-state index contributed by atoms with van der Waals surface area (Å²) in [5, 5.41) is 10.7. The Balaban J connectivity index is 2.68. The van der Waals surface area contributed by atoms with Crippen molar-refractivity contribution >= 4 is 47.6 Å². The summed E-state index contributed by atoms with van der Waals surface area (Å²) in [6.45, 7) is 3.11. The third-order valence-electron chi connectivity index (χ3n) is 2.85. The number of nitro benzene ring substituents is 1. The van der Waals surface area contributed by atoms with Crippen molar-refractivity contribution in [2.24, 2.45) is 0 Å². The average Bonchev–Trinajstić information content (AvgIpc) is 2.62. The summed E-state index contributed by atoms with van der Waals surface area (Å²) in [6, 6.07) is 3.61. The lowest BCUT2D eigenvalue weighted by atomic mass is 10.2. The summed E-state index contributed by atoms with van der Waals surface area (Å²) in [5.74, 6) is 0. The van der Waals surface area contributed by atoms with Crippen molar-refractivity contribution in [2.75, 3.05) is 0 Å². The van der Waals surface area contributed by atoms with Crippen LogP contribution in [0.3, 0.4) is 0 Å². The minimum atomic E-state index is -3.90. The van der Waals surface area contributed by atoms with Crippen LogP contribution in [0.4, 0.5) is 5.69 Å².